The van der Waals surface area contributed by atoms with Crippen molar-refractivity contribution >= 4 is 0 Å². The largest absolute Gasteiger partial charge is 0.201 e. The van der Waals surface area contributed by atoms with Crippen molar-refractivity contribution in [2.24, 2.45) is 0 Å². The molecule has 1 nitrogen and oxygen atoms in total. The van der Waals surface area contributed by atoms with E-state index < -0.39 is 0 Å². The average molecular weight is 288 g/mol. The molecule has 1 aliphatic heterocycles. The molecule has 1 heteroatoms. The summed E-state index contributed by atoms with van der Waals surface area (Å²) in [4.78, 5) is 0. The van der Waals surface area contributed by atoms with E-state index in [4.69, 9.17) is 0 Å². The van der Waals surface area contributed by atoms with Crippen molar-refractivity contribution in [3.8, 4) is 0 Å². The Kier molecular flexibility index (Phi) is 2.87. The Morgan fingerprint density at radius 3 is 2.68 bits per heavy atom. The molecule has 22 heavy (non-hydrogen) atoms. The van der Waals surface area contributed by atoms with E-state index >= 15 is 0 Å². The van der Waals surface area contributed by atoms with Gasteiger partial charge in [-0.05, 0) is 42.5 Å². The topological polar surface area (TPSA) is 3.88 Å². The Balaban J connectivity index is 1.99. The SMILES string of the molecule is C=C(C)C1=C2Cc3cccc[n+]3CC2(C)c2ccccc2C1. The van der Waals surface area contributed by atoms with Gasteiger partial charge in [-0.1, -0.05) is 42.5 Å². The summed E-state index contributed by atoms with van der Waals surface area (Å²) in [6, 6.07) is 15.5. The van der Waals surface area contributed by atoms with Gasteiger partial charge in [-0.15, -0.1) is 0 Å². The van der Waals surface area contributed by atoms with Gasteiger partial charge in [0.25, 0.3) is 0 Å². The lowest BCUT2D eigenvalue weighted by Gasteiger charge is -2.40. The molecule has 2 heterocycles. The molecule has 0 spiro atoms. The smallest absolute Gasteiger partial charge is 0.185 e. The predicted molar refractivity (Wildman–Crippen MR) is 89.7 cm³/mol. The van der Waals surface area contributed by atoms with E-state index in [1.807, 2.05) is 0 Å². The van der Waals surface area contributed by atoms with Crippen LogP contribution in [0.15, 0.2) is 72.0 Å². The maximum Gasteiger partial charge on any atom is 0.185 e. The summed E-state index contributed by atoms with van der Waals surface area (Å²) in [5.74, 6) is 0. The number of pyridine rings is 1. The third kappa shape index (κ3) is 1.81. The fourth-order valence-corrected chi connectivity index (χ4v) is 4.24. The molecular weight excluding hydrogens is 266 g/mol. The van der Waals surface area contributed by atoms with Gasteiger partial charge in [0.15, 0.2) is 18.4 Å². The molecule has 1 aromatic heterocycles. The number of hydrogen-bond acceptors (Lipinski definition) is 0. The molecule has 0 bridgehead atoms. The second-order valence-corrected chi connectivity index (χ2v) is 6.90. The van der Waals surface area contributed by atoms with Crippen molar-refractivity contribution in [2.75, 3.05) is 0 Å². The molecule has 0 saturated heterocycles. The van der Waals surface area contributed by atoms with Crippen LogP contribution in [-0.2, 0) is 24.8 Å². The van der Waals surface area contributed by atoms with E-state index in [1.54, 1.807) is 5.57 Å². The van der Waals surface area contributed by atoms with Crippen LogP contribution < -0.4 is 4.57 Å². The number of rotatable bonds is 1. The molecule has 1 aliphatic carbocycles. The van der Waals surface area contributed by atoms with Crippen LogP contribution in [0.4, 0.5) is 0 Å². The maximum absolute atomic E-state index is 4.27. The van der Waals surface area contributed by atoms with Gasteiger partial charge in [0.2, 0.25) is 0 Å². The van der Waals surface area contributed by atoms with E-state index in [2.05, 4.69) is 73.7 Å². The highest BCUT2D eigenvalue weighted by atomic mass is 15.0. The van der Waals surface area contributed by atoms with E-state index in [1.165, 1.54) is 28.0 Å². The third-order valence-corrected chi connectivity index (χ3v) is 5.40. The van der Waals surface area contributed by atoms with Crippen LogP contribution in [0.5, 0.6) is 0 Å². The van der Waals surface area contributed by atoms with Crippen molar-refractivity contribution < 1.29 is 4.57 Å². The zero-order chi connectivity index (χ0) is 15.3. The monoisotopic (exact) mass is 288 g/mol. The average Bonchev–Trinajstić information content (AvgIpc) is 2.52. The lowest BCUT2D eigenvalue weighted by atomic mass is 9.64. The first-order valence-corrected chi connectivity index (χ1v) is 8.04. The van der Waals surface area contributed by atoms with Crippen LogP contribution in [-0.4, -0.2) is 0 Å². The number of allylic oxidation sites excluding steroid dienone is 3. The van der Waals surface area contributed by atoms with Crippen LogP contribution in [0.1, 0.15) is 30.7 Å². The first-order valence-electron chi connectivity index (χ1n) is 8.04. The standard InChI is InChI=1S/C21H22N/c1-15(2)18-12-16-8-4-5-10-19(16)21(3)14-22-11-7-6-9-17(22)13-20(18)21/h4-11H,1,12-14H2,2-3H3/q+1. The quantitative estimate of drug-likeness (QED) is 0.700. The summed E-state index contributed by atoms with van der Waals surface area (Å²) in [6.07, 6.45) is 4.28. The van der Waals surface area contributed by atoms with Crippen molar-refractivity contribution in [3.05, 3.63) is 88.8 Å². The summed E-state index contributed by atoms with van der Waals surface area (Å²) < 4.78 is 2.42. The van der Waals surface area contributed by atoms with Crippen molar-refractivity contribution in [2.45, 2.75) is 38.6 Å². The Morgan fingerprint density at radius 2 is 1.86 bits per heavy atom. The lowest BCUT2D eigenvalue weighted by Crippen LogP contribution is -2.54. The number of benzene rings is 1. The second kappa shape index (κ2) is 4.67. The molecule has 2 aliphatic rings. The normalized spacial score (nSPS) is 22.6. The summed E-state index contributed by atoms with van der Waals surface area (Å²) in [7, 11) is 0. The molecule has 110 valence electrons. The van der Waals surface area contributed by atoms with Crippen LogP contribution in [0.25, 0.3) is 0 Å². The molecular formula is C21H22N+. The van der Waals surface area contributed by atoms with Gasteiger partial charge in [-0.25, -0.2) is 4.57 Å². The zero-order valence-corrected chi connectivity index (χ0v) is 13.4. The Hall–Kier alpha value is -2.15. The number of nitrogens with zero attached hydrogens (tertiary/aromatic N) is 1. The van der Waals surface area contributed by atoms with E-state index in [-0.39, 0.29) is 5.41 Å². The van der Waals surface area contributed by atoms with Gasteiger partial charge in [0.05, 0.1) is 11.8 Å². The molecule has 2 aromatic rings. The maximum atomic E-state index is 4.27. The molecule has 0 saturated carbocycles. The van der Waals surface area contributed by atoms with Crippen LogP contribution >= 0.6 is 0 Å². The second-order valence-electron chi connectivity index (χ2n) is 6.90. The molecule has 0 amide bonds. The van der Waals surface area contributed by atoms with Gasteiger partial charge in [0.1, 0.15) is 0 Å². The van der Waals surface area contributed by atoms with Gasteiger partial charge in [0, 0.05) is 12.1 Å². The summed E-state index contributed by atoms with van der Waals surface area (Å²) >= 11 is 0. The minimum Gasteiger partial charge on any atom is -0.201 e. The highest BCUT2D eigenvalue weighted by molar-refractivity contribution is 5.54. The number of aromatic nitrogens is 1. The van der Waals surface area contributed by atoms with Crippen LogP contribution in [0.2, 0.25) is 0 Å². The van der Waals surface area contributed by atoms with Crippen LogP contribution in [0.3, 0.4) is 0 Å². The summed E-state index contributed by atoms with van der Waals surface area (Å²) in [5.41, 5.74) is 8.72. The molecule has 1 aromatic carbocycles. The van der Waals surface area contributed by atoms with E-state index in [9.17, 15) is 0 Å². The van der Waals surface area contributed by atoms with E-state index in [0.717, 1.165) is 19.4 Å². The highest BCUT2D eigenvalue weighted by Gasteiger charge is 2.45. The van der Waals surface area contributed by atoms with Gasteiger partial charge < -0.3 is 0 Å². The van der Waals surface area contributed by atoms with Gasteiger partial charge in [-0.3, -0.25) is 0 Å². The van der Waals surface area contributed by atoms with Crippen LogP contribution in [0, 0.1) is 0 Å². The first kappa shape index (κ1) is 13.5. The zero-order valence-electron chi connectivity index (χ0n) is 13.4. The van der Waals surface area contributed by atoms with E-state index in [0.29, 0.717) is 0 Å². The molecule has 1 atom stereocenters. The minimum atomic E-state index is 0.0855. The fourth-order valence-electron chi connectivity index (χ4n) is 4.24. The van der Waals surface area contributed by atoms with Gasteiger partial charge in [-0.2, -0.15) is 0 Å². The van der Waals surface area contributed by atoms with Crippen molar-refractivity contribution in [1.29, 1.82) is 0 Å². The lowest BCUT2D eigenvalue weighted by molar-refractivity contribution is -0.714. The number of hydrogen-bond donors (Lipinski definition) is 0. The first-order chi connectivity index (χ1) is 10.6. The Bertz CT molecular complexity index is 812. The summed E-state index contributed by atoms with van der Waals surface area (Å²) in [6.45, 7) is 9.85. The predicted octanol–water partition coefficient (Wildman–Crippen LogP) is 3.92. The van der Waals surface area contributed by atoms with Crippen molar-refractivity contribution in [1.82, 2.24) is 0 Å². The Morgan fingerprint density at radius 1 is 1.09 bits per heavy atom. The third-order valence-electron chi connectivity index (χ3n) is 5.40. The molecule has 1 unspecified atom stereocenters. The highest BCUT2D eigenvalue weighted by Crippen LogP contribution is 2.45. The molecule has 4 rings (SSSR count). The Labute approximate surface area is 132 Å². The molecule has 0 fully saturated rings. The summed E-state index contributed by atoms with van der Waals surface area (Å²) in [5, 5.41) is 0. The van der Waals surface area contributed by atoms with Gasteiger partial charge >= 0.3 is 0 Å². The fraction of sp³-hybridized carbons (Fsp3) is 0.286. The molecule has 0 radical (unpaired) electrons. The molecule has 0 N–H and O–H groups in total. The minimum absolute atomic E-state index is 0.0855. The van der Waals surface area contributed by atoms with Crippen molar-refractivity contribution in [3.63, 3.8) is 0 Å². The number of fused-ring (bicyclic) bond motifs is 4.